The van der Waals surface area contributed by atoms with Crippen LogP contribution in [-0.4, -0.2) is 67.9 Å². The van der Waals surface area contributed by atoms with E-state index in [0.29, 0.717) is 53.4 Å². The molecule has 11 nitrogen and oxygen atoms in total. The maximum atomic E-state index is 10.1. The topological polar surface area (TPSA) is 150 Å². The Bertz CT molecular complexity index is 1310. The average Bonchev–Trinajstić information content (AvgIpc) is 3.58. The summed E-state index contributed by atoms with van der Waals surface area (Å²) < 4.78 is 1.44. The minimum atomic E-state index is -0.472. The van der Waals surface area contributed by atoms with Gasteiger partial charge in [0, 0.05) is 38.8 Å². The Balaban J connectivity index is 1.48. The number of nitrogens with one attached hydrogen (secondary N) is 3. The van der Waals surface area contributed by atoms with Gasteiger partial charge in [-0.25, -0.2) is 4.98 Å². The molecular formula is C22H23ClN10O. The van der Waals surface area contributed by atoms with Crippen molar-refractivity contribution in [3.63, 3.8) is 0 Å². The number of hydrogen-bond acceptors (Lipinski definition) is 10. The molecule has 1 unspecified atom stereocenters. The third-order valence-electron chi connectivity index (χ3n) is 5.77. The fourth-order valence-corrected chi connectivity index (χ4v) is 4.16. The number of anilines is 3. The van der Waals surface area contributed by atoms with Crippen molar-refractivity contribution in [2.45, 2.75) is 31.5 Å². The summed E-state index contributed by atoms with van der Waals surface area (Å²) in [6.45, 7) is 3.05. The van der Waals surface area contributed by atoms with E-state index in [1.54, 1.807) is 12.1 Å². The summed E-state index contributed by atoms with van der Waals surface area (Å²) in [5.74, 6) is 0.753. The zero-order chi connectivity index (χ0) is 23.7. The Labute approximate surface area is 201 Å². The highest BCUT2D eigenvalue weighted by Gasteiger charge is 2.24. The second kappa shape index (κ2) is 9.41. The summed E-state index contributed by atoms with van der Waals surface area (Å²) in [6, 6.07) is 7.99. The monoisotopic (exact) mass is 478 g/mol. The zero-order valence-corrected chi connectivity index (χ0v) is 19.0. The normalized spacial score (nSPS) is 18.8. The molecule has 0 radical (unpaired) electrons. The van der Waals surface area contributed by atoms with Gasteiger partial charge < -0.3 is 21.1 Å². The Kier molecular flexibility index (Phi) is 6.18. The van der Waals surface area contributed by atoms with E-state index in [0.717, 1.165) is 31.5 Å². The van der Waals surface area contributed by atoms with Crippen LogP contribution in [0.5, 0.6) is 0 Å². The smallest absolute Gasteiger partial charge is 0.247 e. The van der Waals surface area contributed by atoms with E-state index in [1.807, 2.05) is 0 Å². The summed E-state index contributed by atoms with van der Waals surface area (Å²) in [4.78, 5) is 10.9. The van der Waals surface area contributed by atoms with E-state index in [-0.39, 0.29) is 11.6 Å². The van der Waals surface area contributed by atoms with Crippen molar-refractivity contribution in [2.75, 3.05) is 36.8 Å². The number of rotatable bonds is 6. The van der Waals surface area contributed by atoms with Crippen molar-refractivity contribution in [1.82, 2.24) is 29.8 Å². The van der Waals surface area contributed by atoms with Crippen molar-refractivity contribution in [3.8, 4) is 12.1 Å². The van der Waals surface area contributed by atoms with E-state index in [2.05, 4.69) is 48.1 Å². The number of halogens is 1. The van der Waals surface area contributed by atoms with Crippen LogP contribution in [0.15, 0.2) is 18.3 Å². The molecule has 2 fully saturated rings. The van der Waals surface area contributed by atoms with Crippen LogP contribution in [-0.2, 0) is 6.54 Å². The van der Waals surface area contributed by atoms with Gasteiger partial charge in [-0.3, -0.25) is 4.90 Å². The van der Waals surface area contributed by atoms with Gasteiger partial charge in [0.2, 0.25) is 5.95 Å². The second-order valence-electron chi connectivity index (χ2n) is 8.52. The number of imidazole rings is 1. The van der Waals surface area contributed by atoms with Crippen LogP contribution in [0.3, 0.4) is 0 Å². The molecular weight excluding hydrogens is 456 g/mol. The van der Waals surface area contributed by atoms with Gasteiger partial charge >= 0.3 is 0 Å². The molecule has 34 heavy (non-hydrogen) atoms. The molecule has 174 valence electrons. The van der Waals surface area contributed by atoms with Gasteiger partial charge in [0.15, 0.2) is 17.2 Å². The lowest BCUT2D eigenvalue weighted by atomic mass is 10.1. The Hall–Kier alpha value is -3.48. The van der Waals surface area contributed by atoms with Crippen molar-refractivity contribution in [2.24, 2.45) is 0 Å². The van der Waals surface area contributed by atoms with Crippen LogP contribution >= 0.6 is 11.6 Å². The summed E-state index contributed by atoms with van der Waals surface area (Å²) >= 11 is 6.75. The third-order valence-corrected chi connectivity index (χ3v) is 6.21. The lowest BCUT2D eigenvalue weighted by Crippen LogP contribution is -2.32. The van der Waals surface area contributed by atoms with Crippen LogP contribution in [0.25, 0.3) is 5.65 Å². The van der Waals surface area contributed by atoms with Gasteiger partial charge in [-0.2, -0.15) is 20.0 Å². The molecule has 0 amide bonds. The standard InChI is InChI=1S/C22H23ClN10O/c23-19-14(11-32-4-3-26-10-17(34)12-32)5-13(7-24)6-18(19)29-22-30-20(28-15-1-2-15)21-27-9-16(8-25)33(21)31-22/h5-6,9,15,17,26,34H,1-4,10-12H2,(H2,28,29,30,31). The zero-order valence-electron chi connectivity index (χ0n) is 18.3. The predicted octanol–water partition coefficient (Wildman–Crippen LogP) is 1.61. The SMILES string of the molecule is N#Cc1cc(CN2CCNCC(O)C2)c(Cl)c(Nc2nc(NC3CC3)c3ncc(C#N)n3n2)c1. The Morgan fingerprint density at radius 3 is 2.88 bits per heavy atom. The van der Waals surface area contributed by atoms with Gasteiger partial charge in [-0.05, 0) is 30.5 Å². The lowest BCUT2D eigenvalue weighted by Gasteiger charge is -2.23. The van der Waals surface area contributed by atoms with Crippen LogP contribution in [0.4, 0.5) is 17.5 Å². The van der Waals surface area contributed by atoms with E-state index < -0.39 is 6.10 Å². The first-order valence-corrected chi connectivity index (χ1v) is 11.4. The van der Waals surface area contributed by atoms with Gasteiger partial charge in [0.05, 0.1) is 34.6 Å². The van der Waals surface area contributed by atoms with Crippen LogP contribution in [0.1, 0.15) is 29.7 Å². The quantitative estimate of drug-likeness (QED) is 0.411. The van der Waals surface area contributed by atoms with Crippen LogP contribution in [0.2, 0.25) is 5.02 Å². The largest absolute Gasteiger partial charge is 0.390 e. The fourth-order valence-electron chi connectivity index (χ4n) is 3.95. The van der Waals surface area contributed by atoms with Gasteiger partial charge in [0.1, 0.15) is 6.07 Å². The molecule has 2 aliphatic rings. The minimum Gasteiger partial charge on any atom is -0.390 e. The van der Waals surface area contributed by atoms with Crippen LogP contribution in [0, 0.1) is 22.7 Å². The number of aromatic nitrogens is 4. The average molecular weight is 479 g/mol. The molecule has 1 saturated carbocycles. The summed E-state index contributed by atoms with van der Waals surface area (Å²) in [7, 11) is 0. The number of β-amino-alcohol motifs (C(OH)–C–C–N with tert-alkyl or cyclic N) is 1. The molecule has 3 aromatic rings. The van der Waals surface area contributed by atoms with Crippen molar-refractivity contribution in [1.29, 1.82) is 10.5 Å². The van der Waals surface area contributed by atoms with E-state index in [9.17, 15) is 15.6 Å². The van der Waals surface area contributed by atoms with Gasteiger partial charge in [-0.1, -0.05) is 11.6 Å². The Morgan fingerprint density at radius 2 is 2.12 bits per heavy atom. The molecule has 0 bridgehead atoms. The van der Waals surface area contributed by atoms with E-state index in [4.69, 9.17) is 11.6 Å². The number of nitriles is 2. The fraction of sp³-hybridized carbons (Fsp3) is 0.409. The highest BCUT2D eigenvalue weighted by molar-refractivity contribution is 6.34. The number of fused-ring (bicyclic) bond motifs is 1. The number of benzene rings is 1. The van der Waals surface area contributed by atoms with E-state index in [1.165, 1.54) is 10.7 Å². The third kappa shape index (κ3) is 4.74. The minimum absolute atomic E-state index is 0.225. The molecule has 12 heteroatoms. The number of aliphatic hydroxyl groups is 1. The van der Waals surface area contributed by atoms with Crippen LogP contribution < -0.4 is 16.0 Å². The molecule has 0 spiro atoms. The first-order chi connectivity index (χ1) is 16.5. The lowest BCUT2D eigenvalue weighted by molar-refractivity contribution is 0.127. The van der Waals surface area contributed by atoms with Crippen molar-refractivity contribution in [3.05, 3.63) is 40.2 Å². The highest BCUT2D eigenvalue weighted by atomic mass is 35.5. The molecule has 2 aromatic heterocycles. The first-order valence-electron chi connectivity index (χ1n) is 11.1. The Morgan fingerprint density at radius 1 is 1.26 bits per heavy atom. The molecule has 1 aromatic carbocycles. The summed E-state index contributed by atoms with van der Waals surface area (Å²) in [6.07, 6.45) is 3.08. The number of hydrogen-bond donors (Lipinski definition) is 4. The van der Waals surface area contributed by atoms with Gasteiger partial charge in [-0.15, -0.1) is 5.10 Å². The molecule has 1 atom stereocenters. The van der Waals surface area contributed by atoms with Crippen molar-refractivity contribution < 1.29 is 5.11 Å². The number of nitrogens with zero attached hydrogens (tertiary/aromatic N) is 7. The molecule has 5 rings (SSSR count). The van der Waals surface area contributed by atoms with E-state index >= 15 is 0 Å². The first kappa shape index (κ1) is 22.3. The summed E-state index contributed by atoms with van der Waals surface area (Å²) in [5, 5.41) is 43.7. The maximum absolute atomic E-state index is 10.1. The molecule has 1 aliphatic heterocycles. The maximum Gasteiger partial charge on any atom is 0.247 e. The van der Waals surface area contributed by atoms with Crippen molar-refractivity contribution >= 4 is 34.7 Å². The predicted molar refractivity (Wildman–Crippen MR) is 126 cm³/mol. The molecule has 4 N–H and O–H groups in total. The number of aliphatic hydroxyl groups excluding tert-OH is 1. The molecule has 3 heterocycles. The molecule has 1 aliphatic carbocycles. The van der Waals surface area contributed by atoms with Gasteiger partial charge in [0.25, 0.3) is 0 Å². The summed E-state index contributed by atoms with van der Waals surface area (Å²) in [5.41, 5.74) is 2.44. The molecule has 1 saturated heterocycles. The second-order valence-corrected chi connectivity index (χ2v) is 8.90. The highest BCUT2D eigenvalue weighted by Crippen LogP contribution is 2.32.